The highest BCUT2D eigenvalue weighted by atomic mass is 32.1. The molecule has 3 aromatic rings. The van der Waals surface area contributed by atoms with Crippen molar-refractivity contribution in [2.45, 2.75) is 6.54 Å². The van der Waals surface area contributed by atoms with Gasteiger partial charge in [0.1, 0.15) is 17.4 Å². The molecule has 0 aliphatic carbocycles. The summed E-state index contributed by atoms with van der Waals surface area (Å²) in [6.45, 7) is 1.81. The maximum absolute atomic E-state index is 11.7. The first-order chi connectivity index (χ1) is 14.0. The van der Waals surface area contributed by atoms with Crippen LogP contribution in [-0.4, -0.2) is 30.1 Å². The van der Waals surface area contributed by atoms with Gasteiger partial charge in [0, 0.05) is 35.9 Å². The van der Waals surface area contributed by atoms with Crippen molar-refractivity contribution >= 4 is 28.3 Å². The number of nitrogens with two attached hydrogens (primary N) is 2. The number of anilines is 1. The first-order valence-electron chi connectivity index (χ1n) is 8.86. The van der Waals surface area contributed by atoms with Gasteiger partial charge >= 0.3 is 6.03 Å². The molecule has 0 radical (unpaired) electrons. The van der Waals surface area contributed by atoms with Gasteiger partial charge in [0.05, 0.1) is 5.56 Å². The molecule has 0 saturated carbocycles. The van der Waals surface area contributed by atoms with Gasteiger partial charge in [0.15, 0.2) is 0 Å². The van der Waals surface area contributed by atoms with Crippen molar-refractivity contribution in [3.63, 3.8) is 0 Å². The predicted molar refractivity (Wildman–Crippen MR) is 113 cm³/mol. The number of rotatable bonds is 9. The number of nitrogens with one attached hydrogen (secondary N) is 2. The van der Waals surface area contributed by atoms with Gasteiger partial charge in [-0.1, -0.05) is 18.2 Å². The van der Waals surface area contributed by atoms with Crippen LogP contribution in [0.3, 0.4) is 0 Å². The molecular formula is C20H21N5O3S. The van der Waals surface area contributed by atoms with E-state index in [9.17, 15) is 9.59 Å². The third-order valence-electron chi connectivity index (χ3n) is 3.98. The lowest BCUT2D eigenvalue weighted by atomic mass is 10.1. The summed E-state index contributed by atoms with van der Waals surface area (Å²) in [4.78, 5) is 27.7. The molecule has 0 saturated heterocycles. The molecule has 0 fully saturated rings. The summed E-state index contributed by atoms with van der Waals surface area (Å²) >= 11 is 1.21. The van der Waals surface area contributed by atoms with Gasteiger partial charge in [0.2, 0.25) is 0 Å². The van der Waals surface area contributed by atoms with Crippen LogP contribution in [0.15, 0.2) is 54.9 Å². The number of thiophene rings is 1. The lowest BCUT2D eigenvalue weighted by Gasteiger charge is -2.11. The zero-order chi connectivity index (χ0) is 20.6. The molecule has 8 nitrogen and oxygen atoms in total. The van der Waals surface area contributed by atoms with Crippen LogP contribution in [0.2, 0.25) is 0 Å². The van der Waals surface area contributed by atoms with Crippen LogP contribution in [0.4, 0.5) is 9.80 Å². The fraction of sp³-hybridized carbons (Fsp3) is 0.150. The van der Waals surface area contributed by atoms with E-state index >= 15 is 0 Å². The van der Waals surface area contributed by atoms with Crippen molar-refractivity contribution < 1.29 is 14.3 Å². The summed E-state index contributed by atoms with van der Waals surface area (Å²) in [5, 5.41) is 6.05. The summed E-state index contributed by atoms with van der Waals surface area (Å²) in [6.07, 6.45) is 3.55. The topological polar surface area (TPSA) is 132 Å². The van der Waals surface area contributed by atoms with E-state index in [0.717, 1.165) is 16.0 Å². The molecule has 0 atom stereocenters. The normalized spacial score (nSPS) is 10.5. The Bertz CT molecular complexity index is 991. The second kappa shape index (κ2) is 9.67. The molecule has 0 unspecified atom stereocenters. The molecule has 6 N–H and O–H groups in total. The first kappa shape index (κ1) is 20.3. The Balaban J connectivity index is 1.67. The van der Waals surface area contributed by atoms with Gasteiger partial charge in [0.25, 0.3) is 5.91 Å². The molecule has 29 heavy (non-hydrogen) atoms. The van der Waals surface area contributed by atoms with Gasteiger partial charge in [-0.25, -0.2) is 4.79 Å². The highest BCUT2D eigenvalue weighted by molar-refractivity contribution is 7.20. The number of primary amides is 2. The Morgan fingerprint density at radius 1 is 1.14 bits per heavy atom. The van der Waals surface area contributed by atoms with E-state index in [2.05, 4.69) is 15.6 Å². The minimum atomic E-state index is -0.759. The lowest BCUT2D eigenvalue weighted by Crippen LogP contribution is -2.21. The monoisotopic (exact) mass is 411 g/mol. The number of benzene rings is 1. The zero-order valence-corrected chi connectivity index (χ0v) is 16.4. The molecule has 0 aliphatic heterocycles. The van der Waals surface area contributed by atoms with Crippen LogP contribution in [0, 0.1) is 0 Å². The van der Waals surface area contributed by atoms with Crippen molar-refractivity contribution in [3.05, 3.63) is 66.0 Å². The van der Waals surface area contributed by atoms with Crippen molar-refractivity contribution in [2.24, 2.45) is 11.5 Å². The number of pyridine rings is 1. The predicted octanol–water partition coefficient (Wildman–Crippen LogP) is 2.57. The summed E-state index contributed by atoms with van der Waals surface area (Å²) in [6, 6.07) is 12.2. The Morgan fingerprint density at radius 2 is 1.97 bits per heavy atom. The largest absolute Gasteiger partial charge is 0.492 e. The van der Waals surface area contributed by atoms with Gasteiger partial charge in [-0.15, -0.1) is 11.3 Å². The van der Waals surface area contributed by atoms with Crippen LogP contribution in [0.25, 0.3) is 10.4 Å². The molecule has 2 heterocycles. The third kappa shape index (κ3) is 5.53. The SMILES string of the molecule is NC(=O)Nc1sc(-c2ccccc2OCCNCc2cccnc2)cc1C(N)=O. The van der Waals surface area contributed by atoms with Crippen molar-refractivity contribution in [3.8, 4) is 16.2 Å². The number of carbonyl (C=O) groups excluding carboxylic acids is 2. The van der Waals surface area contributed by atoms with E-state index in [1.54, 1.807) is 12.3 Å². The molecule has 3 rings (SSSR count). The van der Waals surface area contributed by atoms with Crippen molar-refractivity contribution in [1.29, 1.82) is 0 Å². The molecule has 0 bridgehead atoms. The van der Waals surface area contributed by atoms with E-state index in [1.165, 1.54) is 11.3 Å². The Hall–Kier alpha value is -3.43. The van der Waals surface area contributed by atoms with E-state index in [0.29, 0.717) is 30.4 Å². The number of hydrogen-bond acceptors (Lipinski definition) is 6. The van der Waals surface area contributed by atoms with Crippen LogP contribution in [0.5, 0.6) is 5.75 Å². The Morgan fingerprint density at radius 3 is 2.69 bits per heavy atom. The summed E-state index contributed by atoms with van der Waals surface area (Å²) in [5.41, 5.74) is 12.7. The summed E-state index contributed by atoms with van der Waals surface area (Å²) in [7, 11) is 0. The molecule has 9 heteroatoms. The second-order valence-electron chi connectivity index (χ2n) is 6.09. The van der Waals surface area contributed by atoms with Crippen LogP contribution < -0.4 is 26.8 Å². The third-order valence-corrected chi connectivity index (χ3v) is 5.06. The minimum Gasteiger partial charge on any atom is -0.492 e. The number of carbonyl (C=O) groups is 2. The number of ether oxygens (including phenoxy) is 1. The standard InChI is InChI=1S/C20H21N5O3S/c21-18(26)15-10-17(29-19(15)25-20(22)27)14-5-1-2-6-16(14)28-9-8-24-12-13-4-3-7-23-11-13/h1-7,10-11,24H,8-9,12H2,(H2,21,26)(H3,22,25,27). The number of para-hydroxylation sites is 1. The average molecular weight is 411 g/mol. The highest BCUT2D eigenvalue weighted by Crippen LogP contribution is 2.39. The zero-order valence-electron chi connectivity index (χ0n) is 15.6. The molecular weight excluding hydrogens is 390 g/mol. The van der Waals surface area contributed by atoms with Gasteiger partial charge < -0.3 is 21.5 Å². The summed E-state index contributed by atoms with van der Waals surface area (Å²) < 4.78 is 5.92. The maximum atomic E-state index is 11.7. The fourth-order valence-corrected chi connectivity index (χ4v) is 3.77. The van der Waals surface area contributed by atoms with E-state index in [4.69, 9.17) is 16.2 Å². The molecule has 1 aromatic carbocycles. The lowest BCUT2D eigenvalue weighted by molar-refractivity contribution is 0.100. The highest BCUT2D eigenvalue weighted by Gasteiger charge is 2.18. The minimum absolute atomic E-state index is 0.205. The maximum Gasteiger partial charge on any atom is 0.317 e. The molecule has 150 valence electrons. The van der Waals surface area contributed by atoms with E-state index in [-0.39, 0.29) is 5.56 Å². The molecule has 3 amide bonds. The van der Waals surface area contributed by atoms with Gasteiger partial charge in [-0.2, -0.15) is 0 Å². The first-order valence-corrected chi connectivity index (χ1v) is 9.68. The Kier molecular flexibility index (Phi) is 6.77. The van der Waals surface area contributed by atoms with Gasteiger partial charge in [-0.05, 0) is 29.8 Å². The Labute approximate surface area is 171 Å². The smallest absolute Gasteiger partial charge is 0.317 e. The number of hydrogen-bond donors (Lipinski definition) is 4. The quantitative estimate of drug-likeness (QED) is 0.402. The number of nitrogens with zero attached hydrogens (tertiary/aromatic N) is 1. The van der Waals surface area contributed by atoms with Crippen LogP contribution >= 0.6 is 11.3 Å². The van der Waals surface area contributed by atoms with E-state index in [1.807, 2.05) is 42.6 Å². The average Bonchev–Trinajstić information content (AvgIpc) is 3.12. The molecule has 2 aromatic heterocycles. The van der Waals surface area contributed by atoms with Gasteiger partial charge in [-0.3, -0.25) is 15.1 Å². The molecule has 0 spiro atoms. The number of amides is 3. The number of urea groups is 1. The van der Waals surface area contributed by atoms with E-state index < -0.39 is 11.9 Å². The fourth-order valence-electron chi connectivity index (χ4n) is 2.68. The second-order valence-corrected chi connectivity index (χ2v) is 7.14. The summed E-state index contributed by atoms with van der Waals surface area (Å²) in [5.74, 6) is 0.0211. The van der Waals surface area contributed by atoms with Crippen molar-refractivity contribution in [1.82, 2.24) is 10.3 Å². The van der Waals surface area contributed by atoms with Crippen molar-refractivity contribution in [2.75, 3.05) is 18.5 Å². The number of aromatic nitrogens is 1. The van der Waals surface area contributed by atoms with Crippen LogP contribution in [-0.2, 0) is 6.54 Å². The molecule has 0 aliphatic rings. The van der Waals surface area contributed by atoms with Crippen LogP contribution in [0.1, 0.15) is 15.9 Å².